The van der Waals surface area contributed by atoms with E-state index < -0.39 is 10.6 Å². The molecule has 0 bridgehead atoms. The van der Waals surface area contributed by atoms with Crippen LogP contribution in [0.3, 0.4) is 0 Å². The van der Waals surface area contributed by atoms with Gasteiger partial charge in [0.1, 0.15) is 5.75 Å². The first-order valence-electron chi connectivity index (χ1n) is 6.35. The summed E-state index contributed by atoms with van der Waals surface area (Å²) in [4.78, 5) is 22.4. The molecule has 21 heavy (non-hydrogen) atoms. The number of nitrogens with zero attached hydrogens (tertiary/aromatic N) is 1. The van der Waals surface area contributed by atoms with Crippen molar-refractivity contribution >= 4 is 11.6 Å². The molecule has 0 spiro atoms. The largest absolute Gasteiger partial charge is 0.463 e. The van der Waals surface area contributed by atoms with Crippen LogP contribution in [-0.4, -0.2) is 10.8 Å². The Bertz CT molecular complexity index is 727. The van der Waals surface area contributed by atoms with Gasteiger partial charge in [0.2, 0.25) is 5.72 Å². The van der Waals surface area contributed by atoms with Gasteiger partial charge in [-0.2, -0.15) is 0 Å². The zero-order valence-corrected chi connectivity index (χ0v) is 11.2. The average molecular weight is 284 g/mol. The highest BCUT2D eigenvalue weighted by Gasteiger charge is 2.37. The summed E-state index contributed by atoms with van der Waals surface area (Å²) in [5, 5.41) is 13.5. The Labute approximate surface area is 120 Å². The van der Waals surface area contributed by atoms with E-state index in [2.05, 4.69) is 5.32 Å². The van der Waals surface area contributed by atoms with Crippen molar-refractivity contribution in [1.29, 1.82) is 0 Å². The summed E-state index contributed by atoms with van der Waals surface area (Å²) < 4.78 is 5.87. The molecule has 2 aromatic carbocycles. The summed E-state index contributed by atoms with van der Waals surface area (Å²) >= 11 is 0. The molecular formula is C15H12N2O4. The molecule has 106 valence electrons. The minimum atomic E-state index is -1.05. The van der Waals surface area contributed by atoms with Gasteiger partial charge in [-0.25, -0.2) is 0 Å². The maximum atomic E-state index is 12.2. The molecule has 0 saturated heterocycles. The summed E-state index contributed by atoms with van der Waals surface area (Å²) in [6, 6.07) is 12.9. The van der Waals surface area contributed by atoms with E-state index in [1.54, 1.807) is 43.3 Å². The molecule has 6 nitrogen and oxygen atoms in total. The van der Waals surface area contributed by atoms with Gasteiger partial charge in [-0.1, -0.05) is 12.1 Å². The van der Waals surface area contributed by atoms with Crippen LogP contribution in [0.2, 0.25) is 0 Å². The van der Waals surface area contributed by atoms with E-state index in [1.165, 1.54) is 12.1 Å². The second-order valence-electron chi connectivity index (χ2n) is 4.89. The molecule has 0 aromatic heterocycles. The van der Waals surface area contributed by atoms with Crippen molar-refractivity contribution in [2.75, 3.05) is 0 Å². The van der Waals surface area contributed by atoms with Crippen LogP contribution in [0.4, 0.5) is 5.69 Å². The molecule has 0 aliphatic carbocycles. The number of ether oxygens (including phenoxy) is 1. The van der Waals surface area contributed by atoms with Crippen LogP contribution in [0.15, 0.2) is 48.5 Å². The topological polar surface area (TPSA) is 81.5 Å². The quantitative estimate of drug-likeness (QED) is 0.678. The Balaban J connectivity index is 1.99. The van der Waals surface area contributed by atoms with Crippen LogP contribution >= 0.6 is 0 Å². The highest BCUT2D eigenvalue weighted by atomic mass is 16.6. The van der Waals surface area contributed by atoms with E-state index in [1.807, 2.05) is 0 Å². The number of nitrogens with one attached hydrogen (secondary N) is 1. The van der Waals surface area contributed by atoms with Gasteiger partial charge in [0.15, 0.2) is 0 Å². The summed E-state index contributed by atoms with van der Waals surface area (Å²) in [6.45, 7) is 1.71. The first kappa shape index (κ1) is 13.1. The Hall–Kier alpha value is -2.89. The van der Waals surface area contributed by atoms with Gasteiger partial charge in [0.05, 0.1) is 10.5 Å². The lowest BCUT2D eigenvalue weighted by Crippen LogP contribution is -2.51. The number of carbonyl (C=O) groups is 1. The van der Waals surface area contributed by atoms with Crippen LogP contribution in [-0.2, 0) is 5.72 Å². The molecular weight excluding hydrogens is 272 g/mol. The van der Waals surface area contributed by atoms with E-state index in [-0.39, 0.29) is 11.6 Å². The van der Waals surface area contributed by atoms with E-state index in [0.717, 1.165) is 0 Å². The minimum absolute atomic E-state index is 0.00936. The Morgan fingerprint density at radius 3 is 2.48 bits per heavy atom. The molecule has 1 N–H and O–H groups in total. The smallest absolute Gasteiger partial charge is 0.269 e. The van der Waals surface area contributed by atoms with E-state index in [4.69, 9.17) is 4.74 Å². The lowest BCUT2D eigenvalue weighted by molar-refractivity contribution is -0.384. The van der Waals surface area contributed by atoms with Gasteiger partial charge in [-0.15, -0.1) is 0 Å². The van der Waals surface area contributed by atoms with Gasteiger partial charge in [-0.05, 0) is 31.2 Å². The molecule has 2 aromatic rings. The normalized spacial score (nSPS) is 20.1. The standard InChI is InChI=1S/C15H12N2O4/c1-15(10-6-8-11(9-7-10)17(19)20)16-14(18)12-4-2-3-5-13(12)21-15/h2-9H,1H3,(H,16,18)/t15-/m1/s1. The molecule has 3 rings (SSSR count). The lowest BCUT2D eigenvalue weighted by atomic mass is 10.0. The zero-order valence-electron chi connectivity index (χ0n) is 11.2. The number of benzene rings is 2. The van der Waals surface area contributed by atoms with Gasteiger partial charge >= 0.3 is 0 Å². The summed E-state index contributed by atoms with van der Waals surface area (Å²) in [6.07, 6.45) is 0. The van der Waals surface area contributed by atoms with E-state index in [0.29, 0.717) is 16.9 Å². The second kappa shape index (κ2) is 4.59. The fourth-order valence-corrected chi connectivity index (χ4v) is 2.30. The highest BCUT2D eigenvalue weighted by molar-refractivity contribution is 5.98. The summed E-state index contributed by atoms with van der Waals surface area (Å²) in [5.41, 5.74) is 0.0401. The number of nitro benzene ring substituents is 1. The third kappa shape index (κ3) is 2.20. The maximum absolute atomic E-state index is 12.2. The third-order valence-electron chi connectivity index (χ3n) is 3.43. The molecule has 0 unspecified atom stereocenters. The lowest BCUT2D eigenvalue weighted by Gasteiger charge is -2.36. The van der Waals surface area contributed by atoms with Crippen molar-refractivity contribution in [3.8, 4) is 5.75 Å². The Morgan fingerprint density at radius 1 is 1.14 bits per heavy atom. The fourth-order valence-electron chi connectivity index (χ4n) is 2.30. The number of carbonyl (C=O) groups excluding carboxylic acids is 1. The zero-order chi connectivity index (χ0) is 15.0. The second-order valence-corrected chi connectivity index (χ2v) is 4.89. The third-order valence-corrected chi connectivity index (χ3v) is 3.43. The Kier molecular flexibility index (Phi) is 2.86. The number of hydrogen-bond acceptors (Lipinski definition) is 4. The monoisotopic (exact) mass is 284 g/mol. The highest BCUT2D eigenvalue weighted by Crippen LogP contribution is 2.33. The molecule has 1 amide bonds. The molecule has 0 fully saturated rings. The first-order valence-corrected chi connectivity index (χ1v) is 6.35. The molecule has 1 atom stereocenters. The van der Waals surface area contributed by atoms with Crippen molar-refractivity contribution < 1.29 is 14.5 Å². The van der Waals surface area contributed by atoms with Gasteiger partial charge in [0.25, 0.3) is 11.6 Å². The average Bonchev–Trinajstić information content (AvgIpc) is 2.47. The van der Waals surface area contributed by atoms with Crippen molar-refractivity contribution in [3.05, 3.63) is 69.8 Å². The number of rotatable bonds is 2. The number of hydrogen-bond donors (Lipinski definition) is 1. The van der Waals surface area contributed by atoms with Crippen LogP contribution < -0.4 is 10.1 Å². The molecule has 0 saturated carbocycles. The number of para-hydroxylation sites is 1. The maximum Gasteiger partial charge on any atom is 0.269 e. The van der Waals surface area contributed by atoms with Crippen LogP contribution in [0, 0.1) is 10.1 Å². The number of nitro groups is 1. The van der Waals surface area contributed by atoms with Crippen molar-refractivity contribution in [2.45, 2.75) is 12.6 Å². The SMILES string of the molecule is C[C@@]1(c2ccc([N+](=O)[O-])cc2)NC(=O)c2ccccc2O1. The van der Waals surface area contributed by atoms with Crippen LogP contribution in [0.1, 0.15) is 22.8 Å². The molecule has 0 radical (unpaired) electrons. The predicted octanol–water partition coefficient (Wildman–Crippen LogP) is 2.59. The molecule has 1 heterocycles. The van der Waals surface area contributed by atoms with E-state index in [9.17, 15) is 14.9 Å². The predicted molar refractivity (Wildman–Crippen MR) is 75.0 cm³/mol. The summed E-state index contributed by atoms with van der Waals surface area (Å²) in [5.74, 6) is 0.250. The number of amides is 1. The molecule has 1 aliphatic heterocycles. The van der Waals surface area contributed by atoms with Crippen LogP contribution in [0.25, 0.3) is 0 Å². The molecule has 1 aliphatic rings. The molecule has 6 heteroatoms. The van der Waals surface area contributed by atoms with Crippen molar-refractivity contribution in [2.24, 2.45) is 0 Å². The van der Waals surface area contributed by atoms with Crippen molar-refractivity contribution in [3.63, 3.8) is 0 Å². The van der Waals surface area contributed by atoms with Gasteiger partial charge in [0, 0.05) is 17.7 Å². The van der Waals surface area contributed by atoms with Gasteiger partial charge in [-0.3, -0.25) is 14.9 Å². The number of non-ortho nitro benzene ring substituents is 1. The fraction of sp³-hybridized carbons (Fsp3) is 0.133. The summed E-state index contributed by atoms with van der Waals surface area (Å²) in [7, 11) is 0. The Morgan fingerprint density at radius 2 is 1.81 bits per heavy atom. The van der Waals surface area contributed by atoms with Gasteiger partial charge < -0.3 is 10.1 Å². The van der Waals surface area contributed by atoms with Crippen LogP contribution in [0.5, 0.6) is 5.75 Å². The number of fused-ring (bicyclic) bond motifs is 1. The minimum Gasteiger partial charge on any atom is -0.463 e. The first-order chi connectivity index (χ1) is 9.99. The van der Waals surface area contributed by atoms with Crippen molar-refractivity contribution in [1.82, 2.24) is 5.32 Å². The van der Waals surface area contributed by atoms with E-state index >= 15 is 0 Å².